The van der Waals surface area contributed by atoms with Gasteiger partial charge in [-0.1, -0.05) is 22.0 Å². The van der Waals surface area contributed by atoms with Crippen LogP contribution in [0.5, 0.6) is 11.5 Å². The summed E-state index contributed by atoms with van der Waals surface area (Å²) in [5, 5.41) is 0. The quantitative estimate of drug-likeness (QED) is 0.697. The van der Waals surface area contributed by atoms with Gasteiger partial charge in [-0.15, -0.1) is 0 Å². The zero-order valence-electron chi connectivity index (χ0n) is 11.5. The lowest BCUT2D eigenvalue weighted by Crippen LogP contribution is -1.95. The van der Waals surface area contributed by atoms with Gasteiger partial charge in [-0.25, -0.2) is 0 Å². The number of nitrogens with one attached hydrogen (secondary N) is 1. The van der Waals surface area contributed by atoms with Gasteiger partial charge >= 0.3 is 0 Å². The molecular weight excluding hydrogens is 352 g/mol. The predicted octanol–water partition coefficient (Wildman–Crippen LogP) is 4.47. The average Bonchev–Trinajstić information content (AvgIpc) is 2.82. The molecule has 0 unspecified atom stereocenters. The molecule has 4 nitrogen and oxygen atoms in total. The van der Waals surface area contributed by atoms with Crippen molar-refractivity contribution < 1.29 is 9.47 Å². The number of rotatable bonds is 3. The Morgan fingerprint density at radius 3 is 2.67 bits per heavy atom. The third kappa shape index (κ3) is 2.45. The summed E-state index contributed by atoms with van der Waals surface area (Å²) in [6, 6.07) is 11.7. The van der Waals surface area contributed by atoms with Crippen LogP contribution in [0.15, 0.2) is 40.9 Å². The van der Waals surface area contributed by atoms with Gasteiger partial charge in [0.25, 0.3) is 0 Å². The summed E-state index contributed by atoms with van der Waals surface area (Å²) in [7, 11) is 3.29. The first-order chi connectivity index (χ1) is 10.1. The molecule has 1 N–H and O–H groups in total. The fraction of sp³-hybridized carbons (Fsp3) is 0.133. The molecule has 2 aromatic carbocycles. The number of hydrogen-bond donors (Lipinski definition) is 1. The molecule has 1 aromatic heterocycles. The number of benzene rings is 2. The van der Waals surface area contributed by atoms with E-state index in [4.69, 9.17) is 21.7 Å². The van der Waals surface area contributed by atoms with E-state index in [2.05, 4.69) is 20.9 Å². The number of halogens is 1. The lowest BCUT2D eigenvalue weighted by Gasteiger charge is -2.08. The standard InChI is InChI=1S/C15H13BrN2O2S/c1-19-11-7-9(16)6-10(8-11)18-12-4-3-5-13(20-2)14(12)17-15(18)21/h3-8H,1-2H3,(H,17,21). The van der Waals surface area contributed by atoms with Crippen LogP contribution in [0.25, 0.3) is 16.7 Å². The lowest BCUT2D eigenvalue weighted by molar-refractivity contribution is 0.414. The highest BCUT2D eigenvalue weighted by molar-refractivity contribution is 9.10. The van der Waals surface area contributed by atoms with Crippen LogP contribution in [0.1, 0.15) is 0 Å². The summed E-state index contributed by atoms with van der Waals surface area (Å²) < 4.78 is 14.2. The molecule has 0 fully saturated rings. The Bertz CT molecular complexity index is 870. The Labute approximate surface area is 135 Å². The van der Waals surface area contributed by atoms with Crippen molar-refractivity contribution in [2.45, 2.75) is 0 Å². The van der Waals surface area contributed by atoms with Crippen LogP contribution in [-0.2, 0) is 0 Å². The molecule has 3 aromatic rings. The fourth-order valence-electron chi connectivity index (χ4n) is 2.33. The van der Waals surface area contributed by atoms with Crippen LogP contribution >= 0.6 is 28.1 Å². The van der Waals surface area contributed by atoms with Gasteiger partial charge in [-0.05, 0) is 36.5 Å². The first-order valence-electron chi connectivity index (χ1n) is 6.26. The summed E-state index contributed by atoms with van der Waals surface area (Å²) in [4.78, 5) is 3.20. The molecule has 0 radical (unpaired) electrons. The number of fused-ring (bicyclic) bond motifs is 1. The van der Waals surface area contributed by atoms with Gasteiger partial charge in [0.15, 0.2) is 4.77 Å². The van der Waals surface area contributed by atoms with Gasteiger partial charge in [-0.2, -0.15) is 0 Å². The molecule has 0 aliphatic rings. The van der Waals surface area contributed by atoms with E-state index in [0.717, 1.165) is 32.7 Å². The molecule has 0 saturated carbocycles. The smallest absolute Gasteiger partial charge is 0.182 e. The van der Waals surface area contributed by atoms with Gasteiger partial charge in [0.2, 0.25) is 0 Å². The Morgan fingerprint density at radius 2 is 1.95 bits per heavy atom. The molecule has 0 amide bonds. The second-order valence-electron chi connectivity index (χ2n) is 4.47. The Morgan fingerprint density at radius 1 is 1.14 bits per heavy atom. The number of ether oxygens (including phenoxy) is 2. The van der Waals surface area contributed by atoms with E-state index < -0.39 is 0 Å². The number of aromatic nitrogens is 2. The van der Waals surface area contributed by atoms with Gasteiger partial charge < -0.3 is 14.5 Å². The molecule has 6 heteroatoms. The van der Waals surface area contributed by atoms with Crippen LogP contribution in [0, 0.1) is 4.77 Å². The Balaban J connectivity index is 2.33. The molecule has 1 heterocycles. The number of imidazole rings is 1. The minimum absolute atomic E-state index is 0.606. The van der Waals surface area contributed by atoms with Crippen LogP contribution in [0.3, 0.4) is 0 Å². The normalized spacial score (nSPS) is 10.8. The molecule has 0 aliphatic carbocycles. The summed E-state index contributed by atoms with van der Waals surface area (Å²) in [6.07, 6.45) is 0. The molecule has 0 saturated heterocycles. The summed E-state index contributed by atoms with van der Waals surface area (Å²) >= 11 is 8.95. The van der Waals surface area contributed by atoms with Gasteiger partial charge in [-0.3, -0.25) is 4.57 Å². The van der Waals surface area contributed by atoms with E-state index in [0.29, 0.717) is 4.77 Å². The topological polar surface area (TPSA) is 39.2 Å². The number of hydrogen-bond acceptors (Lipinski definition) is 3. The first kappa shape index (κ1) is 14.2. The highest BCUT2D eigenvalue weighted by Gasteiger charge is 2.11. The number of H-pyrrole nitrogens is 1. The maximum absolute atomic E-state index is 5.46. The summed E-state index contributed by atoms with van der Waals surface area (Å²) in [5.41, 5.74) is 2.76. The third-order valence-electron chi connectivity index (χ3n) is 3.25. The monoisotopic (exact) mass is 364 g/mol. The highest BCUT2D eigenvalue weighted by atomic mass is 79.9. The number of methoxy groups -OCH3 is 2. The zero-order valence-corrected chi connectivity index (χ0v) is 13.9. The molecular formula is C15H13BrN2O2S. The van der Waals surface area contributed by atoms with Crippen molar-refractivity contribution in [2.75, 3.05) is 14.2 Å². The van der Waals surface area contributed by atoms with Crippen LogP contribution in [-0.4, -0.2) is 23.8 Å². The van der Waals surface area contributed by atoms with E-state index >= 15 is 0 Å². The van der Waals surface area contributed by atoms with Crippen LogP contribution in [0.2, 0.25) is 0 Å². The molecule has 0 aliphatic heterocycles. The molecule has 21 heavy (non-hydrogen) atoms. The molecule has 0 spiro atoms. The van der Waals surface area contributed by atoms with E-state index in [1.807, 2.05) is 41.0 Å². The Hall–Kier alpha value is -1.79. The van der Waals surface area contributed by atoms with Gasteiger partial charge in [0.05, 0.1) is 25.4 Å². The third-order valence-corrected chi connectivity index (χ3v) is 3.99. The largest absolute Gasteiger partial charge is 0.497 e. The van der Waals surface area contributed by atoms with Crippen molar-refractivity contribution in [3.8, 4) is 17.2 Å². The zero-order chi connectivity index (χ0) is 15.0. The van der Waals surface area contributed by atoms with E-state index in [9.17, 15) is 0 Å². The van der Waals surface area contributed by atoms with Crippen molar-refractivity contribution >= 4 is 39.2 Å². The lowest BCUT2D eigenvalue weighted by atomic mass is 10.2. The van der Waals surface area contributed by atoms with Crippen molar-refractivity contribution in [3.05, 3.63) is 45.6 Å². The molecule has 0 bridgehead atoms. The molecule has 3 rings (SSSR count). The predicted molar refractivity (Wildman–Crippen MR) is 89.3 cm³/mol. The maximum Gasteiger partial charge on any atom is 0.182 e. The fourth-order valence-corrected chi connectivity index (χ4v) is 3.09. The number of para-hydroxylation sites is 1. The van der Waals surface area contributed by atoms with E-state index in [1.165, 1.54) is 0 Å². The van der Waals surface area contributed by atoms with Crippen LogP contribution in [0.4, 0.5) is 0 Å². The minimum atomic E-state index is 0.606. The number of nitrogens with zero attached hydrogens (tertiary/aromatic N) is 1. The second-order valence-corrected chi connectivity index (χ2v) is 5.77. The van der Waals surface area contributed by atoms with E-state index in [-0.39, 0.29) is 0 Å². The SMILES string of the molecule is COc1cc(Br)cc(-n2c(=S)[nH]c3c(OC)cccc32)c1. The van der Waals surface area contributed by atoms with Crippen molar-refractivity contribution in [2.24, 2.45) is 0 Å². The number of aromatic amines is 1. The Kier molecular flexibility index (Phi) is 3.73. The summed E-state index contributed by atoms with van der Waals surface area (Å²) in [6.45, 7) is 0. The van der Waals surface area contributed by atoms with Gasteiger partial charge in [0.1, 0.15) is 17.0 Å². The highest BCUT2D eigenvalue weighted by Crippen LogP contribution is 2.30. The van der Waals surface area contributed by atoms with Gasteiger partial charge in [0, 0.05) is 10.5 Å². The first-order valence-corrected chi connectivity index (χ1v) is 7.47. The molecule has 0 atom stereocenters. The maximum atomic E-state index is 5.46. The minimum Gasteiger partial charge on any atom is -0.497 e. The summed E-state index contributed by atoms with van der Waals surface area (Å²) in [5.74, 6) is 1.53. The van der Waals surface area contributed by atoms with Crippen molar-refractivity contribution in [1.82, 2.24) is 9.55 Å². The average molecular weight is 365 g/mol. The van der Waals surface area contributed by atoms with Crippen molar-refractivity contribution in [3.63, 3.8) is 0 Å². The van der Waals surface area contributed by atoms with Crippen molar-refractivity contribution in [1.29, 1.82) is 0 Å². The molecule has 108 valence electrons. The second kappa shape index (κ2) is 5.54. The van der Waals surface area contributed by atoms with E-state index in [1.54, 1.807) is 14.2 Å². The van der Waals surface area contributed by atoms with Crippen LogP contribution < -0.4 is 9.47 Å².